The highest BCUT2D eigenvalue weighted by Gasteiger charge is 2.22. The highest BCUT2D eigenvalue weighted by Crippen LogP contribution is 2.11. The summed E-state index contributed by atoms with van der Waals surface area (Å²) in [6.45, 7) is 2.83. The summed E-state index contributed by atoms with van der Waals surface area (Å²) < 4.78 is 0. The van der Waals surface area contributed by atoms with E-state index < -0.39 is 0 Å². The number of piperazine rings is 1. The molecule has 1 aliphatic heterocycles. The molecule has 2 N–H and O–H groups in total. The second-order valence-electron chi connectivity index (χ2n) is 5.18. The topological polar surface area (TPSA) is 88.2 Å². The summed E-state index contributed by atoms with van der Waals surface area (Å²) in [7, 11) is 0. The van der Waals surface area contributed by atoms with Gasteiger partial charge in [0.15, 0.2) is 0 Å². The maximum absolute atomic E-state index is 12.3. The lowest BCUT2D eigenvalue weighted by Crippen LogP contribution is -2.49. The number of aromatic nitrogens is 3. The number of anilines is 2. The summed E-state index contributed by atoms with van der Waals surface area (Å²) in [6, 6.07) is 5.35. The molecule has 130 valence electrons. The molecule has 0 aromatic carbocycles. The third kappa shape index (κ3) is 4.94. The van der Waals surface area contributed by atoms with Gasteiger partial charge < -0.3 is 15.5 Å². The van der Waals surface area contributed by atoms with Crippen LogP contribution in [0.25, 0.3) is 0 Å². The van der Waals surface area contributed by atoms with Gasteiger partial charge >= 0.3 is 0 Å². The maximum atomic E-state index is 12.3. The lowest BCUT2D eigenvalue weighted by atomic mass is 10.2. The van der Waals surface area contributed by atoms with Gasteiger partial charge in [0.05, 0.1) is 18.3 Å². The first-order chi connectivity index (χ1) is 10.7. The Morgan fingerprint density at radius 1 is 1.04 bits per heavy atom. The summed E-state index contributed by atoms with van der Waals surface area (Å²) in [5.74, 6) is 0.806. The van der Waals surface area contributed by atoms with Crippen LogP contribution in [0.5, 0.6) is 0 Å². The standard InChI is InChI=1S/C15H18N6O.2ClH/c16-12-2-3-13(19-11-12)10-14(22)20-6-8-21(9-7-20)15-17-4-1-5-18-15;;/h1-5,11H,6-10,16H2;2*1H. The summed E-state index contributed by atoms with van der Waals surface area (Å²) in [5, 5.41) is 0. The molecule has 2 aromatic heterocycles. The highest BCUT2D eigenvalue weighted by atomic mass is 35.5. The first-order valence-electron chi connectivity index (χ1n) is 7.22. The number of pyridine rings is 1. The fourth-order valence-electron chi connectivity index (χ4n) is 2.42. The summed E-state index contributed by atoms with van der Waals surface area (Å²) in [5.41, 5.74) is 6.94. The molecule has 1 amide bonds. The molecule has 0 radical (unpaired) electrons. The van der Waals surface area contributed by atoms with Crippen LogP contribution in [0.2, 0.25) is 0 Å². The van der Waals surface area contributed by atoms with Gasteiger partial charge in [-0.15, -0.1) is 24.8 Å². The van der Waals surface area contributed by atoms with Crippen molar-refractivity contribution in [3.05, 3.63) is 42.5 Å². The Labute approximate surface area is 153 Å². The zero-order valence-electron chi connectivity index (χ0n) is 13.0. The van der Waals surface area contributed by atoms with Crippen molar-refractivity contribution in [3.63, 3.8) is 0 Å². The fraction of sp³-hybridized carbons (Fsp3) is 0.333. The molecule has 1 aliphatic rings. The van der Waals surface area contributed by atoms with Crippen LogP contribution in [0.1, 0.15) is 5.69 Å². The van der Waals surface area contributed by atoms with E-state index in [2.05, 4.69) is 19.9 Å². The van der Waals surface area contributed by atoms with Gasteiger partial charge in [0, 0.05) is 44.3 Å². The smallest absolute Gasteiger partial charge is 0.228 e. The van der Waals surface area contributed by atoms with Crippen molar-refractivity contribution < 1.29 is 4.79 Å². The molecule has 3 heterocycles. The monoisotopic (exact) mass is 370 g/mol. The lowest BCUT2D eigenvalue weighted by Gasteiger charge is -2.34. The van der Waals surface area contributed by atoms with Crippen LogP contribution in [0.3, 0.4) is 0 Å². The van der Waals surface area contributed by atoms with Crippen LogP contribution in [-0.4, -0.2) is 51.9 Å². The highest BCUT2D eigenvalue weighted by molar-refractivity contribution is 5.85. The Balaban J connectivity index is 0.00000144. The Morgan fingerprint density at radius 2 is 1.71 bits per heavy atom. The van der Waals surface area contributed by atoms with Gasteiger partial charge in [0.2, 0.25) is 11.9 Å². The molecule has 2 aromatic rings. The number of nitrogen functional groups attached to an aromatic ring is 1. The number of carbonyl (C=O) groups is 1. The Bertz CT molecular complexity index is 632. The molecule has 0 unspecified atom stereocenters. The van der Waals surface area contributed by atoms with Crippen LogP contribution in [0.15, 0.2) is 36.8 Å². The van der Waals surface area contributed by atoms with Gasteiger partial charge in [-0.3, -0.25) is 9.78 Å². The summed E-state index contributed by atoms with van der Waals surface area (Å²) in [4.78, 5) is 28.9. The molecule has 0 bridgehead atoms. The minimum absolute atomic E-state index is 0. The number of hydrogen-bond acceptors (Lipinski definition) is 6. The Morgan fingerprint density at radius 3 is 2.29 bits per heavy atom. The van der Waals surface area contributed by atoms with Crippen molar-refractivity contribution in [2.45, 2.75) is 6.42 Å². The molecule has 7 nitrogen and oxygen atoms in total. The minimum Gasteiger partial charge on any atom is -0.397 e. The first kappa shape index (κ1) is 19.9. The predicted molar refractivity (Wildman–Crippen MR) is 97.7 cm³/mol. The third-order valence-corrected chi connectivity index (χ3v) is 3.65. The van der Waals surface area contributed by atoms with Gasteiger partial charge in [-0.2, -0.15) is 0 Å². The van der Waals surface area contributed by atoms with E-state index in [1.54, 1.807) is 36.8 Å². The van der Waals surface area contributed by atoms with Crippen molar-refractivity contribution in [2.75, 3.05) is 36.8 Å². The largest absolute Gasteiger partial charge is 0.397 e. The van der Waals surface area contributed by atoms with E-state index in [4.69, 9.17) is 5.73 Å². The van der Waals surface area contributed by atoms with E-state index >= 15 is 0 Å². The average Bonchev–Trinajstić information content (AvgIpc) is 2.58. The second-order valence-corrected chi connectivity index (χ2v) is 5.18. The van der Waals surface area contributed by atoms with Crippen molar-refractivity contribution in [1.29, 1.82) is 0 Å². The average molecular weight is 371 g/mol. The third-order valence-electron chi connectivity index (χ3n) is 3.65. The Hall–Kier alpha value is -2.12. The molecule has 3 rings (SSSR count). The zero-order chi connectivity index (χ0) is 15.4. The van der Waals surface area contributed by atoms with E-state index in [0.717, 1.165) is 24.7 Å². The number of nitrogens with two attached hydrogens (primary N) is 1. The zero-order valence-corrected chi connectivity index (χ0v) is 14.7. The van der Waals surface area contributed by atoms with Crippen LogP contribution in [0.4, 0.5) is 11.6 Å². The van der Waals surface area contributed by atoms with Crippen LogP contribution >= 0.6 is 24.8 Å². The molecule has 1 saturated heterocycles. The van der Waals surface area contributed by atoms with Crippen molar-refractivity contribution in [1.82, 2.24) is 19.9 Å². The maximum Gasteiger partial charge on any atom is 0.228 e. The van der Waals surface area contributed by atoms with Gasteiger partial charge in [-0.1, -0.05) is 0 Å². The first-order valence-corrected chi connectivity index (χ1v) is 7.22. The summed E-state index contributed by atoms with van der Waals surface area (Å²) >= 11 is 0. The summed E-state index contributed by atoms with van der Waals surface area (Å²) in [6.07, 6.45) is 5.34. The molecule has 0 atom stereocenters. The van der Waals surface area contributed by atoms with E-state index in [1.165, 1.54) is 0 Å². The molecule has 0 saturated carbocycles. The predicted octanol–water partition coefficient (Wildman–Crippen LogP) is 1.19. The van der Waals surface area contributed by atoms with Crippen LogP contribution in [0, 0.1) is 0 Å². The van der Waals surface area contributed by atoms with Gasteiger partial charge in [0.25, 0.3) is 0 Å². The number of hydrogen-bond donors (Lipinski definition) is 1. The number of amides is 1. The number of nitrogens with zero attached hydrogens (tertiary/aromatic N) is 5. The normalized spacial score (nSPS) is 13.7. The van der Waals surface area contributed by atoms with Gasteiger partial charge in [0.1, 0.15) is 0 Å². The van der Waals surface area contributed by atoms with Gasteiger partial charge in [-0.25, -0.2) is 9.97 Å². The molecule has 0 spiro atoms. The van der Waals surface area contributed by atoms with Crippen LogP contribution in [-0.2, 0) is 11.2 Å². The molecule has 9 heteroatoms. The van der Waals surface area contributed by atoms with E-state index in [9.17, 15) is 4.79 Å². The quantitative estimate of drug-likeness (QED) is 0.872. The Kier molecular flexibility index (Phi) is 7.67. The van der Waals surface area contributed by atoms with Crippen molar-refractivity contribution in [2.24, 2.45) is 0 Å². The lowest BCUT2D eigenvalue weighted by molar-refractivity contribution is -0.130. The van der Waals surface area contributed by atoms with E-state index in [1.807, 2.05) is 4.90 Å². The van der Waals surface area contributed by atoms with Gasteiger partial charge in [-0.05, 0) is 18.2 Å². The molecule has 0 aliphatic carbocycles. The number of halogens is 2. The van der Waals surface area contributed by atoms with Crippen molar-refractivity contribution in [3.8, 4) is 0 Å². The fourth-order valence-corrected chi connectivity index (χ4v) is 2.42. The van der Waals surface area contributed by atoms with E-state index in [0.29, 0.717) is 25.2 Å². The number of rotatable bonds is 3. The SMILES string of the molecule is Cl.Cl.Nc1ccc(CC(=O)N2CCN(c3ncccn3)CC2)nc1. The molecular weight excluding hydrogens is 351 g/mol. The second kappa shape index (κ2) is 9.24. The van der Waals surface area contributed by atoms with E-state index in [-0.39, 0.29) is 30.7 Å². The van der Waals surface area contributed by atoms with Crippen molar-refractivity contribution >= 4 is 42.4 Å². The molecule has 24 heavy (non-hydrogen) atoms. The molecule has 1 fully saturated rings. The minimum atomic E-state index is 0. The number of carbonyl (C=O) groups excluding carboxylic acids is 1. The molecular formula is C15H20Cl2N6O. The van der Waals surface area contributed by atoms with Crippen LogP contribution < -0.4 is 10.6 Å².